The summed E-state index contributed by atoms with van der Waals surface area (Å²) in [5, 5.41) is 47.0. The van der Waals surface area contributed by atoms with Crippen molar-refractivity contribution in [3.8, 4) is 0 Å². The molecule has 0 saturated carbocycles. The maximum Gasteiger partial charge on any atom is 0.373 e. The van der Waals surface area contributed by atoms with E-state index in [1.807, 2.05) is 0 Å². The second-order valence-corrected chi connectivity index (χ2v) is 11.1. The number of cyclic esters (lactones) is 2. The van der Waals surface area contributed by atoms with E-state index in [-0.39, 0.29) is 49.4 Å². The Hall–Kier alpha value is -12.4. The lowest BCUT2D eigenvalue weighted by Crippen LogP contribution is -2.12. The summed E-state index contributed by atoms with van der Waals surface area (Å²) in [6.07, 6.45) is 33.6. The molecule has 32 heteroatoms. The number of esters is 2. The quantitative estimate of drug-likeness (QED) is 0.0262. The molecule has 1 atom stereocenters. The Morgan fingerprint density at radius 3 is 1.02 bits per heavy atom. The van der Waals surface area contributed by atoms with E-state index in [4.69, 9.17) is 71.5 Å². The van der Waals surface area contributed by atoms with E-state index in [1.165, 1.54) is 128 Å². The summed E-state index contributed by atoms with van der Waals surface area (Å²) in [6, 6.07) is 0. The van der Waals surface area contributed by atoms with Crippen LogP contribution < -0.4 is 33.2 Å². The average Bonchev–Trinajstić information content (AvgIpc) is 3.98. The van der Waals surface area contributed by atoms with Crippen LogP contribution in [0.1, 0.15) is 19.3 Å². The highest BCUT2D eigenvalue weighted by molar-refractivity contribution is 5.87. The molecule has 0 fully saturated rings. The number of carboxylic acids is 5. The van der Waals surface area contributed by atoms with E-state index in [0.717, 1.165) is 18.2 Å². The zero-order chi connectivity index (χ0) is 63.8. The number of aliphatic carboxylic acids is 5. The first-order chi connectivity index (χ1) is 37.7. The molecule has 0 saturated heterocycles. The Kier molecular flexibility index (Phi) is 82.5. The van der Waals surface area contributed by atoms with Crippen LogP contribution in [0.25, 0.3) is 0 Å². The molecule has 2 heterocycles. The van der Waals surface area contributed by atoms with Gasteiger partial charge in [0, 0.05) is 61.1 Å². The maximum atomic E-state index is 10.4. The van der Waals surface area contributed by atoms with E-state index >= 15 is 0 Å². The molecule has 0 bridgehead atoms. The first kappa shape index (κ1) is 87.3. The number of hydrogen-bond acceptors (Lipinski definition) is 21. The van der Waals surface area contributed by atoms with Crippen molar-refractivity contribution in [3.63, 3.8) is 0 Å². The molecule has 0 aromatic carbocycles. The number of amides is 6. The van der Waals surface area contributed by atoms with Gasteiger partial charge in [0.15, 0.2) is 0 Å². The first-order valence-electron chi connectivity index (χ1n) is 20.0. The van der Waals surface area contributed by atoms with Gasteiger partial charge in [-0.2, -0.15) is 28.8 Å². The molecule has 0 aromatic heterocycles. The van der Waals surface area contributed by atoms with Gasteiger partial charge in [-0.25, -0.2) is 19.2 Å². The first-order valence-corrected chi connectivity index (χ1v) is 20.0. The van der Waals surface area contributed by atoms with Crippen molar-refractivity contribution < 1.29 is 126 Å². The summed E-state index contributed by atoms with van der Waals surface area (Å²) in [6.45, 7) is 9.85. The fraction of sp³-hybridized carbons (Fsp3) is 0.0833. The summed E-state index contributed by atoms with van der Waals surface area (Å²) in [5.74, 6) is -6.94. The summed E-state index contributed by atoms with van der Waals surface area (Å²) < 4.78 is 9.05. The number of carbonyl (C=O) groups excluding carboxylic acids is 14. The Balaban J connectivity index is -0.000000101. The largest absolute Gasteiger partial charge is 0.481 e. The number of rotatable bonds is 22. The fourth-order valence-corrected chi connectivity index (χ4v) is 2.73. The van der Waals surface area contributed by atoms with Crippen LogP contribution in [0, 0.1) is 0 Å². The number of allylic oxidation sites excluding steroid dienone is 12. The summed E-state index contributed by atoms with van der Waals surface area (Å²) in [4.78, 5) is 177. The molecule has 2 aliphatic heterocycles. The van der Waals surface area contributed by atoms with Crippen molar-refractivity contribution in [3.05, 3.63) is 172 Å². The van der Waals surface area contributed by atoms with E-state index in [2.05, 4.69) is 45.2 Å². The van der Waals surface area contributed by atoms with Crippen molar-refractivity contribution in [2.75, 3.05) is 0 Å². The highest BCUT2D eigenvalue weighted by atomic mass is 16.6. The van der Waals surface area contributed by atoms with E-state index in [9.17, 15) is 62.3 Å². The van der Waals surface area contributed by atoms with Crippen LogP contribution in [0.2, 0.25) is 0 Å². The lowest BCUT2D eigenvalue weighted by atomic mass is 10.2. The van der Waals surface area contributed by atoms with Gasteiger partial charge in [0.2, 0.25) is 37.0 Å². The second-order valence-electron chi connectivity index (χ2n) is 11.1. The molecule has 14 N–H and O–H groups in total. The van der Waals surface area contributed by atoms with Crippen LogP contribution in [0.4, 0.5) is 0 Å². The monoisotopic (exact) mass is 1130 g/mol. The van der Waals surface area contributed by atoms with Crippen molar-refractivity contribution in [2.45, 2.75) is 25.4 Å². The standard InChI is InChI=1S/3C6H8N2O2.2C6H6O4.3C5H6O2.3CO2/c3*7-6(10)3-1-2-4-8-5-9;2*7-5(8)3-4-1-2-6(9)10-4;3*1-2-3-4-5(6)7;3*2-1-3/h3*1-5H,(H2,7,10)(H,8,9);1H,2-3H2,(H,7,8);1-2,4H,3H2,(H,7,8);3*2-4H,1H2,(H,6,7);;;/b3-1+,4-2+;3-1+,4-2-;3-1-,4-2-;;;2*4-3+;4-3-;;;. The van der Waals surface area contributed by atoms with E-state index in [1.54, 1.807) is 0 Å². The maximum absolute atomic E-state index is 10.4. The van der Waals surface area contributed by atoms with Crippen LogP contribution >= 0.6 is 0 Å². The third kappa shape index (κ3) is 126. The normalized spacial score (nSPS) is 11.5. The van der Waals surface area contributed by atoms with Gasteiger partial charge in [0.05, 0.1) is 12.8 Å². The highest BCUT2D eigenvalue weighted by Gasteiger charge is 2.19. The molecular formula is C48H54N6O26. The summed E-state index contributed by atoms with van der Waals surface area (Å²) in [7, 11) is 0. The predicted octanol–water partition coefficient (Wildman–Crippen LogP) is -1.21. The molecule has 6 amide bonds. The van der Waals surface area contributed by atoms with E-state index < -0.39 is 59.6 Å². The Morgan fingerprint density at radius 1 is 0.537 bits per heavy atom. The minimum atomic E-state index is -0.985. The number of primary amides is 3. The topological polar surface area (TPSA) is 558 Å². The fourth-order valence-electron chi connectivity index (χ4n) is 2.73. The molecule has 0 aliphatic carbocycles. The smallest absolute Gasteiger partial charge is 0.373 e. The lowest BCUT2D eigenvalue weighted by molar-refractivity contribution is -0.193. The summed E-state index contributed by atoms with van der Waals surface area (Å²) in [5.41, 5.74) is 14.3. The summed E-state index contributed by atoms with van der Waals surface area (Å²) >= 11 is 0. The van der Waals surface area contributed by atoms with Crippen molar-refractivity contribution in [1.82, 2.24) is 16.0 Å². The van der Waals surface area contributed by atoms with Crippen molar-refractivity contribution >= 4 is 97.2 Å². The van der Waals surface area contributed by atoms with Gasteiger partial charge in [-0.15, -0.1) is 0 Å². The van der Waals surface area contributed by atoms with Gasteiger partial charge >= 0.3 is 60.2 Å². The Bertz CT molecular complexity index is 2210. The molecule has 432 valence electrons. The molecule has 2 aliphatic rings. The number of nitrogens with one attached hydrogen (secondary N) is 3. The van der Waals surface area contributed by atoms with Crippen molar-refractivity contribution in [2.24, 2.45) is 17.2 Å². The lowest BCUT2D eigenvalue weighted by Gasteiger charge is -2.02. The van der Waals surface area contributed by atoms with E-state index in [0.29, 0.717) is 19.2 Å². The van der Waals surface area contributed by atoms with Gasteiger partial charge in [-0.1, -0.05) is 74.4 Å². The van der Waals surface area contributed by atoms with Gasteiger partial charge < -0.3 is 68.2 Å². The van der Waals surface area contributed by atoms with Gasteiger partial charge in [-0.05, 0) is 30.4 Å². The highest BCUT2D eigenvalue weighted by Crippen LogP contribution is 2.13. The van der Waals surface area contributed by atoms with Gasteiger partial charge in [-0.3, -0.25) is 43.2 Å². The minimum Gasteiger partial charge on any atom is -0.481 e. The average molecular weight is 1130 g/mol. The molecule has 0 spiro atoms. The molecule has 32 nitrogen and oxygen atoms in total. The predicted molar refractivity (Wildman–Crippen MR) is 268 cm³/mol. The van der Waals surface area contributed by atoms with Crippen molar-refractivity contribution in [1.29, 1.82) is 0 Å². The zero-order valence-corrected chi connectivity index (χ0v) is 41.4. The van der Waals surface area contributed by atoms with Crippen LogP contribution in [-0.4, -0.2) is 129 Å². The zero-order valence-electron chi connectivity index (χ0n) is 41.4. The number of nitrogens with two attached hydrogens (primary N) is 3. The molecule has 0 aromatic rings. The van der Waals surface area contributed by atoms with Crippen LogP contribution in [-0.2, 0) is 101 Å². The molecule has 0 radical (unpaired) electrons. The molecule has 1 unspecified atom stereocenters. The molecule has 2 rings (SSSR count). The Morgan fingerprint density at radius 2 is 0.850 bits per heavy atom. The molecular weight excluding hydrogens is 1080 g/mol. The SMILES string of the molecule is C=C/C=C/C(=O)O.C=C/C=C/C(=O)O.C=C/C=C\C(=O)O.NC(=O)/C=C/C=C/NC=O.NC(=O)/C=C/C=C\NC=O.NC(=O)/C=C\C=C/NC=O.O=C(O)CC1=CCC(=O)O1.O=C(O)CC1C=CC(=O)O1.O=C=O.O=C=O.O=C=O. The number of carbonyl (C=O) groups is 13. The Labute approximate surface area is 452 Å². The van der Waals surface area contributed by atoms with Crippen LogP contribution in [0.5, 0.6) is 0 Å². The number of hydrogen-bond donors (Lipinski definition) is 11. The third-order valence-corrected chi connectivity index (χ3v) is 5.18. The third-order valence-electron chi connectivity index (χ3n) is 5.18. The second kappa shape index (κ2) is 75.5. The van der Waals surface area contributed by atoms with Gasteiger partial charge in [0.25, 0.3) is 0 Å². The molecule has 80 heavy (non-hydrogen) atoms. The number of ether oxygens (including phenoxy) is 2. The minimum absolute atomic E-state index is 0.151. The van der Waals surface area contributed by atoms with Crippen LogP contribution in [0.15, 0.2) is 172 Å². The number of carboxylic acid groups (broad SMARTS) is 5. The van der Waals surface area contributed by atoms with Gasteiger partial charge in [0.1, 0.15) is 18.3 Å². The van der Waals surface area contributed by atoms with Crippen LogP contribution in [0.3, 0.4) is 0 Å².